The summed E-state index contributed by atoms with van der Waals surface area (Å²) in [5.74, 6) is -2.13. The van der Waals surface area contributed by atoms with Crippen LogP contribution in [0.1, 0.15) is 30.6 Å². The number of ether oxygens (including phenoxy) is 2. The van der Waals surface area contributed by atoms with Crippen LogP contribution in [0.2, 0.25) is 0 Å². The Morgan fingerprint density at radius 2 is 1.96 bits per heavy atom. The largest absolute Gasteiger partial charge is 0.497 e. The average molecular weight is 331 g/mol. The number of carbonyl (C=O) groups is 2. The lowest BCUT2D eigenvalue weighted by atomic mass is 10.0. The molecule has 0 aliphatic carbocycles. The molecular formula is C15H19F2NO5. The molecule has 0 aliphatic heterocycles. The van der Waals surface area contributed by atoms with Gasteiger partial charge >= 0.3 is 12.6 Å². The minimum Gasteiger partial charge on any atom is -0.497 e. The van der Waals surface area contributed by atoms with E-state index in [4.69, 9.17) is 9.84 Å². The molecule has 128 valence electrons. The number of rotatable bonds is 8. The maximum Gasteiger partial charge on any atom is 0.387 e. The van der Waals surface area contributed by atoms with Gasteiger partial charge in [0.1, 0.15) is 17.5 Å². The minimum absolute atomic E-state index is 0.0315. The van der Waals surface area contributed by atoms with E-state index in [2.05, 4.69) is 10.1 Å². The first-order chi connectivity index (χ1) is 10.7. The maximum atomic E-state index is 12.5. The molecule has 0 heterocycles. The molecule has 0 spiro atoms. The van der Waals surface area contributed by atoms with E-state index in [1.54, 1.807) is 13.8 Å². The van der Waals surface area contributed by atoms with Crippen LogP contribution < -0.4 is 14.8 Å². The first-order valence-corrected chi connectivity index (χ1v) is 6.91. The Labute approximate surface area is 132 Å². The van der Waals surface area contributed by atoms with Crippen LogP contribution in [0, 0.1) is 5.92 Å². The number of halogens is 2. The summed E-state index contributed by atoms with van der Waals surface area (Å²) in [6.45, 7) is 0.487. The molecule has 1 rings (SSSR count). The maximum absolute atomic E-state index is 12.5. The number of alkyl halides is 2. The highest BCUT2D eigenvalue weighted by Gasteiger charge is 2.24. The van der Waals surface area contributed by atoms with Gasteiger partial charge in [0.2, 0.25) is 0 Å². The number of carboxylic acids is 1. The van der Waals surface area contributed by atoms with Crippen LogP contribution in [0.25, 0.3) is 0 Å². The molecule has 1 aromatic carbocycles. The second-order valence-electron chi connectivity index (χ2n) is 5.23. The quantitative estimate of drug-likeness (QED) is 0.764. The smallest absolute Gasteiger partial charge is 0.387 e. The molecule has 8 heteroatoms. The van der Waals surface area contributed by atoms with Crippen molar-refractivity contribution in [3.63, 3.8) is 0 Å². The third-order valence-corrected chi connectivity index (χ3v) is 2.96. The van der Waals surface area contributed by atoms with Gasteiger partial charge in [-0.15, -0.1) is 0 Å². The SMILES string of the molecule is COc1ccc(C(=O)N[C@H](CC(C)C)C(=O)O)c(OC(F)F)c1. The van der Waals surface area contributed by atoms with Crippen molar-refractivity contribution in [2.24, 2.45) is 5.92 Å². The Balaban J connectivity index is 3.03. The van der Waals surface area contributed by atoms with Gasteiger partial charge in [0, 0.05) is 6.07 Å². The van der Waals surface area contributed by atoms with Gasteiger partial charge in [-0.3, -0.25) is 4.79 Å². The lowest BCUT2D eigenvalue weighted by Crippen LogP contribution is -2.41. The molecule has 0 aromatic heterocycles. The monoisotopic (exact) mass is 331 g/mol. The van der Waals surface area contributed by atoms with Crippen LogP contribution in [0.5, 0.6) is 11.5 Å². The molecule has 0 radical (unpaired) electrons. The number of benzene rings is 1. The highest BCUT2D eigenvalue weighted by Crippen LogP contribution is 2.26. The number of aliphatic carboxylic acids is 1. The van der Waals surface area contributed by atoms with Crippen LogP contribution >= 0.6 is 0 Å². The van der Waals surface area contributed by atoms with Crippen molar-refractivity contribution in [1.82, 2.24) is 5.32 Å². The zero-order valence-corrected chi connectivity index (χ0v) is 13.0. The number of hydrogen-bond acceptors (Lipinski definition) is 4. The minimum atomic E-state index is -3.13. The summed E-state index contributed by atoms with van der Waals surface area (Å²) in [5.41, 5.74) is -0.193. The molecule has 0 bridgehead atoms. The van der Waals surface area contributed by atoms with E-state index in [0.29, 0.717) is 0 Å². The molecule has 1 amide bonds. The van der Waals surface area contributed by atoms with E-state index < -0.39 is 24.5 Å². The number of nitrogens with one attached hydrogen (secondary N) is 1. The number of methoxy groups -OCH3 is 1. The van der Waals surface area contributed by atoms with Crippen molar-refractivity contribution in [2.75, 3.05) is 7.11 Å². The summed E-state index contributed by atoms with van der Waals surface area (Å²) >= 11 is 0. The van der Waals surface area contributed by atoms with E-state index >= 15 is 0 Å². The van der Waals surface area contributed by atoms with Crippen LogP contribution in [-0.2, 0) is 4.79 Å². The van der Waals surface area contributed by atoms with E-state index in [1.165, 1.54) is 19.2 Å². The van der Waals surface area contributed by atoms with Gasteiger partial charge in [-0.05, 0) is 24.5 Å². The summed E-state index contributed by atoms with van der Waals surface area (Å²) in [6.07, 6.45) is 0.211. The summed E-state index contributed by atoms with van der Waals surface area (Å²) in [4.78, 5) is 23.4. The molecule has 0 unspecified atom stereocenters. The summed E-state index contributed by atoms with van der Waals surface area (Å²) < 4.78 is 34.1. The predicted molar refractivity (Wildman–Crippen MR) is 78.0 cm³/mol. The molecule has 0 saturated heterocycles. The Bertz CT molecular complexity index is 563. The van der Waals surface area contributed by atoms with Gasteiger partial charge < -0.3 is 19.9 Å². The van der Waals surface area contributed by atoms with Gasteiger partial charge in [0.25, 0.3) is 5.91 Å². The fraction of sp³-hybridized carbons (Fsp3) is 0.467. The van der Waals surface area contributed by atoms with Crippen LogP contribution in [0.4, 0.5) is 8.78 Å². The number of carbonyl (C=O) groups excluding carboxylic acids is 1. The summed E-state index contributed by atoms with van der Waals surface area (Å²) in [6, 6.07) is 2.65. The molecule has 0 fully saturated rings. The molecule has 23 heavy (non-hydrogen) atoms. The van der Waals surface area contributed by atoms with Gasteiger partial charge in [0.15, 0.2) is 0 Å². The van der Waals surface area contributed by atoms with Gasteiger partial charge in [-0.1, -0.05) is 13.8 Å². The molecule has 1 aromatic rings. The Kier molecular flexibility index (Phi) is 6.74. The Morgan fingerprint density at radius 1 is 1.30 bits per heavy atom. The van der Waals surface area contributed by atoms with E-state index in [0.717, 1.165) is 6.07 Å². The second kappa shape index (κ2) is 8.30. The number of carboxylic acid groups (broad SMARTS) is 1. The highest BCUT2D eigenvalue weighted by atomic mass is 19.3. The molecule has 0 aliphatic rings. The van der Waals surface area contributed by atoms with Crippen molar-refractivity contribution < 1.29 is 33.0 Å². The summed E-state index contributed by atoms with van der Waals surface area (Å²) in [5, 5.41) is 11.4. The third-order valence-electron chi connectivity index (χ3n) is 2.96. The Morgan fingerprint density at radius 3 is 2.43 bits per heavy atom. The van der Waals surface area contributed by atoms with Crippen molar-refractivity contribution in [3.8, 4) is 11.5 Å². The lowest BCUT2D eigenvalue weighted by Gasteiger charge is -2.18. The van der Waals surface area contributed by atoms with E-state index in [1.807, 2.05) is 0 Å². The molecule has 1 atom stereocenters. The van der Waals surface area contributed by atoms with Crippen molar-refractivity contribution in [3.05, 3.63) is 23.8 Å². The zero-order chi connectivity index (χ0) is 17.6. The zero-order valence-electron chi connectivity index (χ0n) is 13.0. The normalized spacial score (nSPS) is 12.1. The van der Waals surface area contributed by atoms with E-state index in [-0.39, 0.29) is 29.4 Å². The van der Waals surface area contributed by atoms with Crippen LogP contribution in [-0.4, -0.2) is 36.7 Å². The van der Waals surface area contributed by atoms with Crippen molar-refractivity contribution in [2.45, 2.75) is 32.9 Å². The third kappa shape index (κ3) is 5.72. The Hall–Kier alpha value is -2.38. The fourth-order valence-electron chi connectivity index (χ4n) is 1.94. The standard InChI is InChI=1S/C15H19F2NO5/c1-8(2)6-11(14(20)21)18-13(19)10-5-4-9(22-3)7-12(10)23-15(16)17/h4-5,7-8,11,15H,6H2,1-3H3,(H,18,19)(H,20,21)/t11-/m1/s1. The predicted octanol–water partition coefficient (Wildman–Crippen LogP) is 2.53. The topological polar surface area (TPSA) is 84.9 Å². The van der Waals surface area contributed by atoms with Gasteiger partial charge in [-0.2, -0.15) is 8.78 Å². The average Bonchev–Trinajstić information content (AvgIpc) is 2.45. The molecule has 0 saturated carbocycles. The highest BCUT2D eigenvalue weighted by molar-refractivity contribution is 5.99. The van der Waals surface area contributed by atoms with Crippen molar-refractivity contribution >= 4 is 11.9 Å². The van der Waals surface area contributed by atoms with Crippen LogP contribution in [0.15, 0.2) is 18.2 Å². The molecule has 2 N–H and O–H groups in total. The van der Waals surface area contributed by atoms with Crippen molar-refractivity contribution in [1.29, 1.82) is 0 Å². The molecular weight excluding hydrogens is 312 g/mol. The molecule has 6 nitrogen and oxygen atoms in total. The second-order valence-corrected chi connectivity index (χ2v) is 5.23. The lowest BCUT2D eigenvalue weighted by molar-refractivity contribution is -0.139. The van der Waals surface area contributed by atoms with E-state index in [9.17, 15) is 18.4 Å². The van der Waals surface area contributed by atoms with Gasteiger partial charge in [0.05, 0.1) is 12.7 Å². The number of amides is 1. The fourth-order valence-corrected chi connectivity index (χ4v) is 1.94. The van der Waals surface area contributed by atoms with Gasteiger partial charge in [-0.25, -0.2) is 4.79 Å². The van der Waals surface area contributed by atoms with Crippen LogP contribution in [0.3, 0.4) is 0 Å². The first kappa shape index (κ1) is 18.7. The summed E-state index contributed by atoms with van der Waals surface area (Å²) in [7, 11) is 1.34. The first-order valence-electron chi connectivity index (χ1n) is 6.91. The number of hydrogen-bond donors (Lipinski definition) is 2.